The Hall–Kier alpha value is -2.11. The molecule has 0 spiro atoms. The Morgan fingerprint density at radius 2 is 1.80 bits per heavy atom. The van der Waals surface area contributed by atoms with Crippen molar-refractivity contribution in [3.05, 3.63) is 34.2 Å². The van der Waals surface area contributed by atoms with E-state index in [1.807, 2.05) is 4.90 Å². The molecule has 1 aliphatic carbocycles. The van der Waals surface area contributed by atoms with Gasteiger partial charge in [-0.05, 0) is 49.5 Å². The minimum Gasteiger partial charge on any atom is -0.338 e. The second-order valence-corrected chi connectivity index (χ2v) is 9.98. The molecule has 0 radical (unpaired) electrons. The lowest BCUT2D eigenvalue weighted by Crippen LogP contribution is -2.65. The zero-order valence-corrected chi connectivity index (χ0v) is 17.7. The number of aromatic nitrogens is 1. The molecule has 1 saturated carbocycles. The normalized spacial score (nSPS) is 32.1. The fourth-order valence-corrected chi connectivity index (χ4v) is 6.73. The quantitative estimate of drug-likeness (QED) is 0.830. The number of aromatic amines is 1. The molecule has 4 heterocycles. The van der Waals surface area contributed by atoms with E-state index in [1.54, 1.807) is 6.07 Å². The molecular weight excluding hydrogens is 378 g/mol. The van der Waals surface area contributed by atoms with Crippen molar-refractivity contribution in [3.8, 4) is 0 Å². The summed E-state index contributed by atoms with van der Waals surface area (Å²) >= 11 is 0. The summed E-state index contributed by atoms with van der Waals surface area (Å²) in [5, 5.41) is 0. The molecule has 6 nitrogen and oxygen atoms in total. The standard InChI is InChI=1S/C24H33N3O3/c28-22-10-9-17(13-25-22)24(30)26-14-18-12-19(15-26)21(11-16-5-2-1-3-6-16)27-20(18)7-4-8-23(27)29/h9-10,13,16,18-21H,1-8,11-12,14-15H2,(H,25,28)/t18-,19+,20+,21+/m1/s1. The van der Waals surface area contributed by atoms with E-state index in [4.69, 9.17) is 0 Å². The van der Waals surface area contributed by atoms with E-state index in [-0.39, 0.29) is 17.5 Å². The van der Waals surface area contributed by atoms with Gasteiger partial charge in [-0.2, -0.15) is 0 Å². The largest absolute Gasteiger partial charge is 0.338 e. The number of piperidine rings is 3. The highest BCUT2D eigenvalue weighted by atomic mass is 16.2. The van der Waals surface area contributed by atoms with Gasteiger partial charge in [-0.3, -0.25) is 14.4 Å². The molecule has 3 saturated heterocycles. The lowest BCUT2D eigenvalue weighted by atomic mass is 9.69. The number of hydrogen-bond donors (Lipinski definition) is 1. The third-order valence-electron chi connectivity index (χ3n) is 8.11. The summed E-state index contributed by atoms with van der Waals surface area (Å²) in [6, 6.07) is 3.63. The van der Waals surface area contributed by atoms with E-state index in [2.05, 4.69) is 9.88 Å². The summed E-state index contributed by atoms with van der Waals surface area (Å²) in [7, 11) is 0. The maximum atomic E-state index is 13.2. The van der Waals surface area contributed by atoms with Gasteiger partial charge in [-0.15, -0.1) is 0 Å². The van der Waals surface area contributed by atoms with Crippen LogP contribution in [0.5, 0.6) is 0 Å². The number of fused-ring (bicyclic) bond motifs is 4. The first-order chi connectivity index (χ1) is 14.6. The first-order valence-electron chi connectivity index (χ1n) is 11.9. The number of H-pyrrole nitrogens is 1. The summed E-state index contributed by atoms with van der Waals surface area (Å²) < 4.78 is 0. The Bertz CT molecular complexity index is 839. The monoisotopic (exact) mass is 411 g/mol. The van der Waals surface area contributed by atoms with Crippen LogP contribution in [0, 0.1) is 17.8 Å². The molecule has 1 N–H and O–H groups in total. The van der Waals surface area contributed by atoms with Gasteiger partial charge in [0.15, 0.2) is 0 Å². The van der Waals surface area contributed by atoms with Gasteiger partial charge in [-0.1, -0.05) is 32.1 Å². The van der Waals surface area contributed by atoms with Crippen molar-refractivity contribution in [2.45, 2.75) is 76.3 Å². The smallest absolute Gasteiger partial charge is 0.255 e. The van der Waals surface area contributed by atoms with Crippen LogP contribution < -0.4 is 5.56 Å². The van der Waals surface area contributed by atoms with Crippen molar-refractivity contribution >= 4 is 11.8 Å². The molecule has 30 heavy (non-hydrogen) atoms. The Balaban J connectivity index is 1.39. The van der Waals surface area contributed by atoms with Crippen LogP contribution in [0.4, 0.5) is 0 Å². The van der Waals surface area contributed by atoms with Crippen molar-refractivity contribution in [1.29, 1.82) is 0 Å². The zero-order valence-electron chi connectivity index (χ0n) is 17.7. The van der Waals surface area contributed by atoms with Crippen LogP contribution in [0.2, 0.25) is 0 Å². The van der Waals surface area contributed by atoms with Crippen LogP contribution >= 0.6 is 0 Å². The Labute approximate surface area is 178 Å². The molecule has 2 bridgehead atoms. The summed E-state index contributed by atoms with van der Waals surface area (Å²) in [4.78, 5) is 44.5. The van der Waals surface area contributed by atoms with Crippen molar-refractivity contribution in [2.24, 2.45) is 17.8 Å². The Morgan fingerprint density at radius 1 is 1.00 bits per heavy atom. The summed E-state index contributed by atoms with van der Waals surface area (Å²) in [6.45, 7) is 1.45. The minimum absolute atomic E-state index is 0.00736. The number of amides is 2. The van der Waals surface area contributed by atoms with Crippen molar-refractivity contribution in [2.75, 3.05) is 13.1 Å². The zero-order chi connectivity index (χ0) is 20.7. The van der Waals surface area contributed by atoms with Gasteiger partial charge >= 0.3 is 0 Å². The van der Waals surface area contributed by atoms with Crippen molar-refractivity contribution in [3.63, 3.8) is 0 Å². The summed E-state index contributed by atoms with van der Waals surface area (Å²) in [5.74, 6) is 1.83. The van der Waals surface area contributed by atoms with Crippen LogP contribution in [-0.2, 0) is 4.79 Å². The fourth-order valence-electron chi connectivity index (χ4n) is 6.73. The van der Waals surface area contributed by atoms with Gasteiger partial charge in [0.2, 0.25) is 11.5 Å². The van der Waals surface area contributed by atoms with E-state index in [9.17, 15) is 14.4 Å². The number of hydrogen-bond acceptors (Lipinski definition) is 3. The van der Waals surface area contributed by atoms with Gasteiger partial charge in [0.1, 0.15) is 0 Å². The highest BCUT2D eigenvalue weighted by molar-refractivity contribution is 5.94. The average molecular weight is 412 g/mol. The number of rotatable bonds is 3. The third-order valence-corrected chi connectivity index (χ3v) is 8.11. The van der Waals surface area contributed by atoms with E-state index in [0.29, 0.717) is 35.8 Å². The second kappa shape index (κ2) is 8.20. The van der Waals surface area contributed by atoms with Gasteiger partial charge < -0.3 is 14.8 Å². The van der Waals surface area contributed by atoms with Crippen LogP contribution in [0.3, 0.4) is 0 Å². The fraction of sp³-hybridized carbons (Fsp3) is 0.708. The highest BCUT2D eigenvalue weighted by Crippen LogP contribution is 2.44. The molecule has 6 heteroatoms. The molecule has 3 aliphatic heterocycles. The number of pyridine rings is 1. The predicted octanol–water partition coefficient (Wildman–Crippen LogP) is 3.19. The van der Waals surface area contributed by atoms with Crippen LogP contribution in [0.15, 0.2) is 23.1 Å². The lowest BCUT2D eigenvalue weighted by molar-refractivity contribution is -0.153. The second-order valence-electron chi connectivity index (χ2n) is 9.98. The number of carbonyl (C=O) groups excluding carboxylic acids is 2. The Morgan fingerprint density at radius 3 is 2.57 bits per heavy atom. The average Bonchev–Trinajstić information content (AvgIpc) is 2.77. The van der Waals surface area contributed by atoms with E-state index < -0.39 is 0 Å². The molecule has 1 aromatic rings. The molecule has 162 valence electrons. The van der Waals surface area contributed by atoms with Gasteiger partial charge in [0.05, 0.1) is 5.56 Å². The maximum Gasteiger partial charge on any atom is 0.255 e. The van der Waals surface area contributed by atoms with Crippen molar-refractivity contribution < 1.29 is 9.59 Å². The maximum absolute atomic E-state index is 13.2. The predicted molar refractivity (Wildman–Crippen MR) is 114 cm³/mol. The lowest BCUT2D eigenvalue weighted by Gasteiger charge is -2.57. The third kappa shape index (κ3) is 3.69. The van der Waals surface area contributed by atoms with Crippen LogP contribution in [-0.4, -0.2) is 51.8 Å². The van der Waals surface area contributed by atoms with Crippen LogP contribution in [0.1, 0.15) is 74.6 Å². The number of likely N-dealkylation sites (tertiary alicyclic amines) is 1. The highest BCUT2D eigenvalue weighted by Gasteiger charge is 2.50. The molecule has 0 aromatic carbocycles. The van der Waals surface area contributed by atoms with E-state index in [1.165, 1.54) is 44.4 Å². The molecule has 1 aromatic heterocycles. The first kappa shape index (κ1) is 19.8. The first-order valence-corrected chi connectivity index (χ1v) is 11.9. The molecule has 5 rings (SSSR count). The van der Waals surface area contributed by atoms with E-state index in [0.717, 1.165) is 44.7 Å². The minimum atomic E-state index is -0.189. The summed E-state index contributed by atoms with van der Waals surface area (Å²) in [6.07, 6.45) is 13.1. The molecule has 2 amide bonds. The van der Waals surface area contributed by atoms with Gasteiger partial charge in [0.25, 0.3) is 5.91 Å². The molecule has 0 unspecified atom stereocenters. The van der Waals surface area contributed by atoms with E-state index >= 15 is 0 Å². The van der Waals surface area contributed by atoms with Crippen molar-refractivity contribution in [1.82, 2.24) is 14.8 Å². The van der Waals surface area contributed by atoms with Gasteiger partial charge in [-0.25, -0.2) is 0 Å². The van der Waals surface area contributed by atoms with Crippen LogP contribution in [0.25, 0.3) is 0 Å². The summed E-state index contributed by atoms with van der Waals surface area (Å²) in [5.41, 5.74) is 0.362. The van der Waals surface area contributed by atoms with Gasteiger partial charge in [0, 0.05) is 43.9 Å². The molecular formula is C24H33N3O3. The number of nitrogens with zero attached hydrogens (tertiary/aromatic N) is 2. The molecule has 4 fully saturated rings. The Kier molecular flexibility index (Phi) is 5.42. The SMILES string of the molecule is O=C(c1ccc(=O)[nH]c1)N1C[C@H]2C[C@@H](C1)[C@H](CC1CCCCC1)N1C(=O)CCC[C@@H]21. The molecule has 4 atom stereocenters. The number of carbonyl (C=O) groups is 2. The topological polar surface area (TPSA) is 73.5 Å². The number of nitrogens with one attached hydrogen (secondary N) is 1. The molecule has 4 aliphatic rings.